The molecule has 4 N–H and O–H groups in total. The van der Waals surface area contributed by atoms with Crippen LogP contribution in [0.15, 0.2) is 47.4 Å². The predicted molar refractivity (Wildman–Crippen MR) is 138 cm³/mol. The van der Waals surface area contributed by atoms with Crippen molar-refractivity contribution in [3.63, 3.8) is 0 Å². The fourth-order valence-corrected chi connectivity index (χ4v) is 5.90. The molecular weight excluding hydrogens is 504 g/mol. The molecule has 3 amide bonds. The Morgan fingerprint density at radius 3 is 2.28 bits per heavy atom. The van der Waals surface area contributed by atoms with E-state index in [9.17, 15) is 22.8 Å². The van der Waals surface area contributed by atoms with Crippen LogP contribution in [-0.2, 0) is 19.6 Å². The second kappa shape index (κ2) is 12.3. The number of amides is 3. The summed E-state index contributed by atoms with van der Waals surface area (Å²) in [6.45, 7) is 2.63. The molecule has 0 bridgehead atoms. The van der Waals surface area contributed by atoms with E-state index in [-0.39, 0.29) is 29.0 Å². The summed E-state index contributed by atoms with van der Waals surface area (Å²) in [6.07, 6.45) is 3.46. The zero-order valence-corrected chi connectivity index (χ0v) is 21.7. The number of hydrogen-bond donors (Lipinski definition) is 3. The highest BCUT2D eigenvalue weighted by molar-refractivity contribution is 7.89. The zero-order valence-electron chi connectivity index (χ0n) is 20.1. The summed E-state index contributed by atoms with van der Waals surface area (Å²) in [5, 5.41) is 5.75. The molecule has 1 aliphatic heterocycles. The number of hydrogen-bond acceptors (Lipinski definition) is 5. The van der Waals surface area contributed by atoms with Crippen LogP contribution in [0.3, 0.4) is 0 Å². The van der Waals surface area contributed by atoms with Gasteiger partial charge in [-0.05, 0) is 68.1 Å². The van der Waals surface area contributed by atoms with Crippen molar-refractivity contribution in [2.75, 3.05) is 18.4 Å². The first-order chi connectivity index (χ1) is 17.1. The lowest BCUT2D eigenvalue weighted by atomic mass is 10.1. The molecule has 0 spiro atoms. The lowest BCUT2D eigenvalue weighted by molar-refractivity contribution is -0.119. The van der Waals surface area contributed by atoms with Crippen LogP contribution in [0.4, 0.5) is 5.69 Å². The lowest BCUT2D eigenvalue weighted by Gasteiger charge is -2.22. The van der Waals surface area contributed by atoms with Gasteiger partial charge in [-0.25, -0.2) is 8.42 Å². The smallest absolute Gasteiger partial charge is 0.251 e. The van der Waals surface area contributed by atoms with Gasteiger partial charge in [0.2, 0.25) is 21.8 Å². The topological polar surface area (TPSA) is 139 Å². The molecule has 0 saturated carbocycles. The van der Waals surface area contributed by atoms with E-state index in [4.69, 9.17) is 17.3 Å². The number of rotatable bonds is 9. The number of nitrogens with one attached hydrogen (secondary N) is 2. The molecule has 194 valence electrons. The number of anilines is 1. The van der Waals surface area contributed by atoms with Crippen molar-refractivity contribution in [1.29, 1.82) is 0 Å². The van der Waals surface area contributed by atoms with Gasteiger partial charge in [0.05, 0.1) is 4.90 Å². The Labute approximate surface area is 216 Å². The zero-order chi connectivity index (χ0) is 26.3. The van der Waals surface area contributed by atoms with Gasteiger partial charge >= 0.3 is 0 Å². The first-order valence-corrected chi connectivity index (χ1v) is 13.7. The summed E-state index contributed by atoms with van der Waals surface area (Å²) in [5.41, 5.74) is 6.37. The highest BCUT2D eigenvalue weighted by Gasteiger charge is 2.28. The molecular formula is C25H31ClN4O5S. The maximum absolute atomic E-state index is 13.3. The summed E-state index contributed by atoms with van der Waals surface area (Å²) < 4.78 is 28.2. The number of carbonyl (C=O) groups excluding carboxylic acids is 3. The van der Waals surface area contributed by atoms with E-state index in [1.165, 1.54) is 22.5 Å². The molecule has 1 atom stereocenters. The lowest BCUT2D eigenvalue weighted by Crippen LogP contribution is -2.44. The van der Waals surface area contributed by atoms with Gasteiger partial charge in [-0.15, -0.1) is 0 Å². The standard InChI is InChI=1S/C25H31ClN4O5S/c1-17-6-11-20(16-22(17)36(34,35)30-14-4-2-3-5-15-30)28-25(33)21(12-13-23(27)31)29-24(32)18-7-9-19(26)10-8-18/h6-11,16,21H,2-5,12-15H2,1H3,(H2,27,31)(H,28,33)(H,29,32). The Bertz CT molecular complexity index is 1210. The van der Waals surface area contributed by atoms with E-state index in [1.807, 2.05) is 0 Å². The molecule has 0 aromatic heterocycles. The van der Waals surface area contributed by atoms with Gasteiger partial charge in [-0.1, -0.05) is 30.5 Å². The van der Waals surface area contributed by atoms with Gasteiger partial charge in [-0.3, -0.25) is 14.4 Å². The minimum absolute atomic E-state index is 0.0225. The number of nitrogens with zero attached hydrogens (tertiary/aromatic N) is 1. The third kappa shape index (κ3) is 7.28. The number of aryl methyl sites for hydroxylation is 1. The van der Waals surface area contributed by atoms with E-state index in [2.05, 4.69) is 10.6 Å². The van der Waals surface area contributed by atoms with Gasteiger partial charge in [0, 0.05) is 35.8 Å². The number of benzene rings is 2. The fraction of sp³-hybridized carbons (Fsp3) is 0.400. The van der Waals surface area contributed by atoms with Crippen LogP contribution >= 0.6 is 11.6 Å². The van der Waals surface area contributed by atoms with E-state index < -0.39 is 33.8 Å². The highest BCUT2D eigenvalue weighted by Crippen LogP contribution is 2.26. The molecule has 1 heterocycles. The van der Waals surface area contributed by atoms with Crippen molar-refractivity contribution in [2.45, 2.75) is 56.4 Å². The monoisotopic (exact) mass is 534 g/mol. The van der Waals surface area contributed by atoms with Crippen LogP contribution in [0, 0.1) is 6.92 Å². The van der Waals surface area contributed by atoms with Crippen LogP contribution < -0.4 is 16.4 Å². The van der Waals surface area contributed by atoms with Crippen molar-refractivity contribution >= 4 is 45.0 Å². The Morgan fingerprint density at radius 2 is 1.67 bits per heavy atom. The molecule has 11 heteroatoms. The Balaban J connectivity index is 1.80. The van der Waals surface area contributed by atoms with Crippen LogP contribution in [0.1, 0.15) is 54.4 Å². The molecule has 1 aliphatic rings. The van der Waals surface area contributed by atoms with Crippen LogP contribution in [-0.4, -0.2) is 49.6 Å². The molecule has 0 radical (unpaired) electrons. The second-order valence-corrected chi connectivity index (χ2v) is 11.2. The maximum atomic E-state index is 13.3. The van der Waals surface area contributed by atoms with Crippen LogP contribution in [0.25, 0.3) is 0 Å². The molecule has 1 unspecified atom stereocenters. The Morgan fingerprint density at radius 1 is 1.03 bits per heavy atom. The van der Waals surface area contributed by atoms with Crippen molar-refractivity contribution in [1.82, 2.24) is 9.62 Å². The van der Waals surface area contributed by atoms with Gasteiger partial charge in [0.1, 0.15) is 6.04 Å². The van der Waals surface area contributed by atoms with E-state index >= 15 is 0 Å². The molecule has 1 saturated heterocycles. The number of nitrogens with two attached hydrogens (primary N) is 1. The fourth-order valence-electron chi connectivity index (χ4n) is 4.00. The van der Waals surface area contributed by atoms with Crippen molar-refractivity contribution in [2.24, 2.45) is 5.73 Å². The molecule has 3 rings (SSSR count). The Kier molecular flexibility index (Phi) is 9.47. The molecule has 0 aliphatic carbocycles. The third-order valence-corrected chi connectivity index (χ3v) is 8.34. The van der Waals surface area contributed by atoms with E-state index in [1.54, 1.807) is 31.2 Å². The summed E-state index contributed by atoms with van der Waals surface area (Å²) >= 11 is 5.87. The number of halogens is 1. The summed E-state index contributed by atoms with van der Waals surface area (Å²) in [7, 11) is -3.73. The van der Waals surface area contributed by atoms with Gasteiger partial charge in [0.25, 0.3) is 5.91 Å². The normalized spacial score (nSPS) is 15.5. The predicted octanol–water partition coefficient (Wildman–Crippen LogP) is 3.22. The van der Waals surface area contributed by atoms with Gasteiger partial charge in [0.15, 0.2) is 0 Å². The molecule has 2 aromatic rings. The third-order valence-electron chi connectivity index (χ3n) is 6.05. The SMILES string of the molecule is Cc1ccc(NC(=O)C(CCC(N)=O)NC(=O)c2ccc(Cl)cc2)cc1S(=O)(=O)N1CCCCCC1. The first-order valence-electron chi connectivity index (χ1n) is 11.8. The van der Waals surface area contributed by atoms with E-state index in [0.717, 1.165) is 25.7 Å². The maximum Gasteiger partial charge on any atom is 0.251 e. The minimum atomic E-state index is -3.73. The quantitative estimate of drug-likeness (QED) is 0.453. The van der Waals surface area contributed by atoms with Gasteiger partial charge < -0.3 is 16.4 Å². The number of primary amides is 1. The largest absolute Gasteiger partial charge is 0.370 e. The van der Waals surface area contributed by atoms with Crippen molar-refractivity contribution < 1.29 is 22.8 Å². The Hall–Kier alpha value is -2.95. The second-order valence-electron chi connectivity index (χ2n) is 8.83. The van der Waals surface area contributed by atoms with Crippen LogP contribution in [0.5, 0.6) is 0 Å². The van der Waals surface area contributed by atoms with Crippen LogP contribution in [0.2, 0.25) is 5.02 Å². The molecule has 36 heavy (non-hydrogen) atoms. The molecule has 1 fully saturated rings. The highest BCUT2D eigenvalue weighted by atomic mass is 35.5. The summed E-state index contributed by atoms with van der Waals surface area (Å²) in [6, 6.07) is 9.71. The van der Waals surface area contributed by atoms with Gasteiger partial charge in [-0.2, -0.15) is 4.31 Å². The van der Waals surface area contributed by atoms with Crippen molar-refractivity contribution in [3.8, 4) is 0 Å². The van der Waals surface area contributed by atoms with E-state index in [0.29, 0.717) is 23.7 Å². The van der Waals surface area contributed by atoms with Crippen molar-refractivity contribution in [3.05, 3.63) is 58.6 Å². The molecule has 9 nitrogen and oxygen atoms in total. The molecule has 2 aromatic carbocycles. The summed E-state index contributed by atoms with van der Waals surface area (Å²) in [4.78, 5) is 37.2. The average molecular weight is 535 g/mol. The number of carbonyl (C=O) groups is 3. The first kappa shape index (κ1) is 27.6. The minimum Gasteiger partial charge on any atom is -0.370 e. The number of sulfonamides is 1. The average Bonchev–Trinajstić information content (AvgIpc) is 3.13. The summed E-state index contributed by atoms with van der Waals surface area (Å²) in [5.74, 6) is -1.74.